The molecule has 3 rings (SSSR count). The Kier molecular flexibility index (Phi) is 4.92. The third-order valence-electron chi connectivity index (χ3n) is 3.59. The van der Waals surface area contributed by atoms with Gasteiger partial charge < -0.3 is 10.2 Å². The summed E-state index contributed by atoms with van der Waals surface area (Å²) in [6, 6.07) is 12.0. The maximum Gasteiger partial charge on any atom is 0.292 e. The minimum Gasteiger partial charge on any atom is -0.360 e. The van der Waals surface area contributed by atoms with Gasteiger partial charge in [0.05, 0.1) is 17.2 Å². The Labute approximate surface area is 147 Å². The molecule has 2 aromatic carbocycles. The van der Waals surface area contributed by atoms with E-state index in [0.717, 1.165) is 22.9 Å². The van der Waals surface area contributed by atoms with Crippen LogP contribution in [0.3, 0.4) is 0 Å². The van der Waals surface area contributed by atoms with Crippen LogP contribution in [0.5, 0.6) is 0 Å². The van der Waals surface area contributed by atoms with Crippen molar-refractivity contribution < 1.29 is 9.72 Å². The molecule has 0 spiro atoms. The number of para-hydroxylation sites is 1. The fraction of sp³-hybridized carbons (Fsp3) is 0.188. The number of halogens is 1. The molecule has 0 fully saturated rings. The van der Waals surface area contributed by atoms with Crippen molar-refractivity contribution in [2.45, 2.75) is 4.90 Å². The predicted octanol–water partition coefficient (Wildman–Crippen LogP) is 3.80. The van der Waals surface area contributed by atoms with Gasteiger partial charge in [0.25, 0.3) is 5.69 Å². The highest BCUT2D eigenvalue weighted by Gasteiger charge is 2.21. The predicted molar refractivity (Wildman–Crippen MR) is 96.1 cm³/mol. The molecule has 1 heterocycles. The Balaban J connectivity index is 1.76. The summed E-state index contributed by atoms with van der Waals surface area (Å²) < 4.78 is 0. The van der Waals surface area contributed by atoms with Gasteiger partial charge in [0.2, 0.25) is 5.91 Å². The second kappa shape index (κ2) is 7.11. The van der Waals surface area contributed by atoms with E-state index in [1.165, 1.54) is 18.2 Å². The van der Waals surface area contributed by atoms with Crippen LogP contribution >= 0.6 is 23.4 Å². The van der Waals surface area contributed by atoms with E-state index >= 15 is 0 Å². The number of amides is 1. The summed E-state index contributed by atoms with van der Waals surface area (Å²) >= 11 is 7.63. The van der Waals surface area contributed by atoms with Gasteiger partial charge in [-0.3, -0.25) is 14.9 Å². The molecule has 24 heavy (non-hydrogen) atoms. The molecule has 0 bridgehead atoms. The number of nitro benzene ring substituents is 1. The third kappa shape index (κ3) is 3.63. The number of hydrogen-bond donors (Lipinski definition) is 1. The number of nitrogens with zero attached hydrogens (tertiary/aromatic N) is 2. The number of rotatable bonds is 4. The maximum atomic E-state index is 12.4. The van der Waals surface area contributed by atoms with Gasteiger partial charge >= 0.3 is 0 Å². The number of anilines is 2. The highest BCUT2D eigenvalue weighted by Crippen LogP contribution is 2.34. The smallest absolute Gasteiger partial charge is 0.292 e. The molecule has 0 unspecified atom stereocenters. The van der Waals surface area contributed by atoms with E-state index in [4.69, 9.17) is 11.6 Å². The number of carbonyl (C=O) groups excluding carboxylic acids is 1. The van der Waals surface area contributed by atoms with Crippen LogP contribution in [0, 0.1) is 10.1 Å². The lowest BCUT2D eigenvalue weighted by atomic mass is 10.2. The standard InChI is InChI=1S/C16H14ClN3O3S/c17-11-5-6-13(20(22)23)12(9-11)18-16(21)10-19-7-8-24-15-4-2-1-3-14(15)19/h1-6,9H,7-8,10H2,(H,18,21). The van der Waals surface area contributed by atoms with Gasteiger partial charge in [-0.05, 0) is 24.3 Å². The van der Waals surface area contributed by atoms with Crippen LogP contribution < -0.4 is 10.2 Å². The molecule has 0 radical (unpaired) electrons. The molecule has 0 atom stereocenters. The number of nitrogens with one attached hydrogen (secondary N) is 1. The van der Waals surface area contributed by atoms with Crippen molar-refractivity contribution in [3.63, 3.8) is 0 Å². The summed E-state index contributed by atoms with van der Waals surface area (Å²) in [4.78, 5) is 26.0. The van der Waals surface area contributed by atoms with Gasteiger partial charge in [0.1, 0.15) is 5.69 Å². The molecule has 0 saturated heterocycles. The normalized spacial score (nSPS) is 13.3. The number of benzene rings is 2. The van der Waals surface area contributed by atoms with E-state index < -0.39 is 4.92 Å². The summed E-state index contributed by atoms with van der Waals surface area (Å²) in [5, 5.41) is 14.0. The lowest BCUT2D eigenvalue weighted by Gasteiger charge is -2.30. The van der Waals surface area contributed by atoms with E-state index in [9.17, 15) is 14.9 Å². The minimum absolute atomic E-state index is 0.108. The van der Waals surface area contributed by atoms with Gasteiger partial charge in [-0.1, -0.05) is 23.7 Å². The molecule has 6 nitrogen and oxygen atoms in total. The van der Waals surface area contributed by atoms with Gasteiger partial charge in [-0.15, -0.1) is 11.8 Å². The van der Waals surface area contributed by atoms with Crippen LogP contribution in [-0.2, 0) is 4.79 Å². The second-order valence-electron chi connectivity index (χ2n) is 5.20. The summed E-state index contributed by atoms with van der Waals surface area (Å²) in [6.45, 7) is 0.869. The van der Waals surface area contributed by atoms with Gasteiger partial charge in [-0.2, -0.15) is 0 Å². The van der Waals surface area contributed by atoms with Crippen molar-refractivity contribution in [1.82, 2.24) is 0 Å². The largest absolute Gasteiger partial charge is 0.360 e. The molecular weight excluding hydrogens is 350 g/mol. The molecule has 0 aromatic heterocycles. The Morgan fingerprint density at radius 2 is 2.12 bits per heavy atom. The molecule has 1 amide bonds. The second-order valence-corrected chi connectivity index (χ2v) is 6.78. The van der Waals surface area contributed by atoms with E-state index in [0.29, 0.717) is 5.02 Å². The molecule has 0 saturated carbocycles. The zero-order valence-electron chi connectivity index (χ0n) is 12.6. The molecule has 8 heteroatoms. The van der Waals surface area contributed by atoms with Crippen molar-refractivity contribution >= 4 is 46.3 Å². The van der Waals surface area contributed by atoms with Crippen LogP contribution in [0.25, 0.3) is 0 Å². The Hall–Kier alpha value is -2.25. The molecule has 1 aliphatic rings. The van der Waals surface area contributed by atoms with Crippen LogP contribution in [0.4, 0.5) is 17.1 Å². The lowest BCUT2D eigenvalue weighted by molar-refractivity contribution is -0.383. The first-order valence-electron chi connectivity index (χ1n) is 7.25. The average molecular weight is 364 g/mol. The third-order valence-corrected chi connectivity index (χ3v) is 4.87. The zero-order valence-corrected chi connectivity index (χ0v) is 14.1. The van der Waals surface area contributed by atoms with Crippen LogP contribution in [-0.4, -0.2) is 29.7 Å². The topological polar surface area (TPSA) is 75.5 Å². The monoisotopic (exact) mass is 363 g/mol. The SMILES string of the molecule is O=C(CN1CCSc2ccccc21)Nc1cc(Cl)ccc1[N+](=O)[O-]. The first-order valence-corrected chi connectivity index (χ1v) is 8.61. The van der Waals surface area contributed by atoms with E-state index in [1.807, 2.05) is 29.2 Å². The van der Waals surface area contributed by atoms with Crippen molar-refractivity contribution in [3.8, 4) is 0 Å². The number of nitro groups is 1. The highest BCUT2D eigenvalue weighted by atomic mass is 35.5. The van der Waals surface area contributed by atoms with Crippen molar-refractivity contribution in [3.05, 3.63) is 57.6 Å². The summed E-state index contributed by atoms with van der Waals surface area (Å²) in [5.41, 5.74) is 0.934. The Bertz CT molecular complexity index is 800. The van der Waals surface area contributed by atoms with Gasteiger partial charge in [0, 0.05) is 28.3 Å². The summed E-state index contributed by atoms with van der Waals surface area (Å²) in [5.74, 6) is 0.573. The first kappa shape index (κ1) is 16.6. The number of carbonyl (C=O) groups is 1. The fourth-order valence-electron chi connectivity index (χ4n) is 2.52. The number of thioether (sulfide) groups is 1. The lowest BCUT2D eigenvalue weighted by Crippen LogP contribution is -2.36. The van der Waals surface area contributed by atoms with E-state index in [1.54, 1.807) is 11.8 Å². The molecular formula is C16H14ClN3O3S. The van der Waals surface area contributed by atoms with Crippen molar-refractivity contribution in [2.24, 2.45) is 0 Å². The summed E-state index contributed by atoms with van der Waals surface area (Å²) in [6.07, 6.45) is 0. The number of hydrogen-bond acceptors (Lipinski definition) is 5. The summed E-state index contributed by atoms with van der Waals surface area (Å²) in [7, 11) is 0. The molecule has 124 valence electrons. The minimum atomic E-state index is -0.543. The van der Waals surface area contributed by atoms with Crippen LogP contribution in [0.15, 0.2) is 47.4 Å². The molecule has 1 aliphatic heterocycles. The van der Waals surface area contributed by atoms with Crippen LogP contribution in [0.1, 0.15) is 0 Å². The fourth-order valence-corrected chi connectivity index (χ4v) is 3.75. The first-order chi connectivity index (χ1) is 11.5. The number of fused-ring (bicyclic) bond motifs is 1. The highest BCUT2D eigenvalue weighted by molar-refractivity contribution is 7.99. The molecule has 2 aromatic rings. The molecule has 0 aliphatic carbocycles. The molecule has 1 N–H and O–H groups in total. The quantitative estimate of drug-likeness (QED) is 0.660. The van der Waals surface area contributed by atoms with Crippen LogP contribution in [0.2, 0.25) is 5.02 Å². The zero-order chi connectivity index (χ0) is 17.1. The Morgan fingerprint density at radius 3 is 2.92 bits per heavy atom. The Morgan fingerprint density at radius 1 is 1.33 bits per heavy atom. The van der Waals surface area contributed by atoms with Gasteiger partial charge in [-0.25, -0.2) is 0 Å². The van der Waals surface area contributed by atoms with Crippen molar-refractivity contribution in [2.75, 3.05) is 29.1 Å². The average Bonchev–Trinajstić information content (AvgIpc) is 2.55. The van der Waals surface area contributed by atoms with Gasteiger partial charge in [0.15, 0.2) is 0 Å². The van der Waals surface area contributed by atoms with Crippen molar-refractivity contribution in [1.29, 1.82) is 0 Å². The van der Waals surface area contributed by atoms with E-state index in [2.05, 4.69) is 5.32 Å². The maximum absolute atomic E-state index is 12.4. The van der Waals surface area contributed by atoms with E-state index in [-0.39, 0.29) is 23.8 Å².